The Morgan fingerprint density at radius 3 is 2.67 bits per heavy atom. The van der Waals surface area contributed by atoms with Crippen molar-refractivity contribution in [2.45, 2.75) is 39.2 Å². The lowest BCUT2D eigenvalue weighted by Gasteiger charge is -2.21. The summed E-state index contributed by atoms with van der Waals surface area (Å²) in [5, 5.41) is 3.02. The number of hydrogen-bond donors (Lipinski definition) is 1. The molecule has 4 nitrogen and oxygen atoms in total. The van der Waals surface area contributed by atoms with Gasteiger partial charge in [-0.25, -0.2) is 4.98 Å². The summed E-state index contributed by atoms with van der Waals surface area (Å²) in [6.45, 7) is 4.87. The van der Waals surface area contributed by atoms with Crippen molar-refractivity contribution in [3.8, 4) is 0 Å². The molecule has 2 rings (SSSR count). The molecule has 0 aromatic carbocycles. The van der Waals surface area contributed by atoms with Crippen LogP contribution in [0, 0.1) is 0 Å². The van der Waals surface area contributed by atoms with E-state index in [9.17, 15) is 4.79 Å². The Bertz CT molecular complexity index is 418. The number of carbonyl (C=O) groups is 1. The normalized spacial score (nSPS) is 14.4. The van der Waals surface area contributed by atoms with Crippen LogP contribution in [0.3, 0.4) is 0 Å². The molecule has 1 aromatic rings. The van der Waals surface area contributed by atoms with E-state index < -0.39 is 0 Å². The van der Waals surface area contributed by atoms with E-state index in [0.29, 0.717) is 6.04 Å². The molecule has 1 amide bonds. The van der Waals surface area contributed by atoms with Crippen molar-refractivity contribution < 1.29 is 4.79 Å². The van der Waals surface area contributed by atoms with Gasteiger partial charge in [0.1, 0.15) is 5.82 Å². The highest BCUT2D eigenvalue weighted by Gasteiger charge is 2.32. The maximum absolute atomic E-state index is 12.5. The summed E-state index contributed by atoms with van der Waals surface area (Å²) in [5.74, 6) is 0.901. The Balaban J connectivity index is 2.27. The number of carbonyl (C=O) groups excluding carboxylic acids is 1. The summed E-state index contributed by atoms with van der Waals surface area (Å²) in [6.07, 6.45) is 3.12. The Morgan fingerprint density at radius 1 is 1.44 bits per heavy atom. The minimum Gasteiger partial charge on any atom is -0.373 e. The standard InChI is InChI=1S/C14H21N3O/c1-4-11-8-10(9-13(15-3)16-11)14(18)17(5-2)12-6-7-12/h8-9,12H,4-7H2,1-3H3,(H,15,16). The molecule has 0 bridgehead atoms. The third kappa shape index (κ3) is 2.63. The van der Waals surface area contributed by atoms with Crippen molar-refractivity contribution in [3.63, 3.8) is 0 Å². The van der Waals surface area contributed by atoms with Crippen molar-refractivity contribution in [1.29, 1.82) is 0 Å². The first-order valence-electron chi connectivity index (χ1n) is 6.69. The fourth-order valence-corrected chi connectivity index (χ4v) is 2.14. The zero-order chi connectivity index (χ0) is 13.1. The minimum atomic E-state index is 0.133. The third-order valence-electron chi connectivity index (χ3n) is 3.33. The molecule has 0 saturated heterocycles. The van der Waals surface area contributed by atoms with Gasteiger partial charge in [-0.1, -0.05) is 6.92 Å². The predicted molar refractivity (Wildman–Crippen MR) is 72.9 cm³/mol. The first-order valence-corrected chi connectivity index (χ1v) is 6.69. The molecule has 0 radical (unpaired) electrons. The van der Waals surface area contributed by atoms with E-state index in [-0.39, 0.29) is 5.91 Å². The number of anilines is 1. The number of aromatic nitrogens is 1. The molecule has 1 saturated carbocycles. The second kappa shape index (κ2) is 5.38. The molecule has 98 valence electrons. The molecule has 1 aliphatic rings. The lowest BCUT2D eigenvalue weighted by molar-refractivity contribution is 0.0752. The van der Waals surface area contributed by atoms with Crippen LogP contribution < -0.4 is 5.32 Å². The maximum Gasteiger partial charge on any atom is 0.254 e. The number of amides is 1. The van der Waals surface area contributed by atoms with Crippen LogP contribution in [-0.4, -0.2) is 35.4 Å². The van der Waals surface area contributed by atoms with Gasteiger partial charge in [-0.15, -0.1) is 0 Å². The lowest BCUT2D eigenvalue weighted by Crippen LogP contribution is -2.33. The highest BCUT2D eigenvalue weighted by atomic mass is 16.2. The predicted octanol–water partition coefficient (Wildman–Crippen LogP) is 2.31. The van der Waals surface area contributed by atoms with Gasteiger partial charge in [-0.3, -0.25) is 4.79 Å². The van der Waals surface area contributed by atoms with Gasteiger partial charge in [0.2, 0.25) is 0 Å². The van der Waals surface area contributed by atoms with Crippen molar-refractivity contribution >= 4 is 11.7 Å². The Kier molecular flexibility index (Phi) is 3.84. The molecular weight excluding hydrogens is 226 g/mol. The molecule has 1 heterocycles. The molecule has 18 heavy (non-hydrogen) atoms. The monoisotopic (exact) mass is 247 g/mol. The van der Waals surface area contributed by atoms with Gasteiger partial charge in [0.15, 0.2) is 0 Å². The zero-order valence-electron chi connectivity index (χ0n) is 11.4. The SMILES string of the molecule is CCc1cc(C(=O)N(CC)C2CC2)cc(NC)n1. The van der Waals surface area contributed by atoms with Crippen LogP contribution >= 0.6 is 0 Å². The van der Waals surface area contributed by atoms with E-state index in [2.05, 4.69) is 17.2 Å². The number of aryl methyl sites for hydroxylation is 1. The largest absolute Gasteiger partial charge is 0.373 e. The smallest absolute Gasteiger partial charge is 0.254 e. The second-order valence-corrected chi connectivity index (χ2v) is 4.66. The molecule has 0 unspecified atom stereocenters. The van der Waals surface area contributed by atoms with Crippen LogP contribution in [0.25, 0.3) is 0 Å². The van der Waals surface area contributed by atoms with Gasteiger partial charge in [0, 0.05) is 30.9 Å². The van der Waals surface area contributed by atoms with Crippen molar-refractivity contribution in [2.24, 2.45) is 0 Å². The van der Waals surface area contributed by atoms with E-state index in [0.717, 1.165) is 42.9 Å². The van der Waals surface area contributed by atoms with Crippen LogP contribution in [0.15, 0.2) is 12.1 Å². The number of nitrogens with one attached hydrogen (secondary N) is 1. The molecule has 4 heteroatoms. The quantitative estimate of drug-likeness (QED) is 0.868. The first kappa shape index (κ1) is 12.9. The minimum absolute atomic E-state index is 0.133. The molecule has 0 aliphatic heterocycles. The van der Waals surface area contributed by atoms with E-state index in [1.807, 2.05) is 31.0 Å². The Labute approximate surface area is 108 Å². The van der Waals surface area contributed by atoms with Crippen LogP contribution in [0.1, 0.15) is 42.7 Å². The highest BCUT2D eigenvalue weighted by Crippen LogP contribution is 2.28. The second-order valence-electron chi connectivity index (χ2n) is 4.66. The summed E-state index contributed by atoms with van der Waals surface area (Å²) < 4.78 is 0. The van der Waals surface area contributed by atoms with Gasteiger partial charge in [0.05, 0.1) is 0 Å². The van der Waals surface area contributed by atoms with Crippen LogP contribution in [0.5, 0.6) is 0 Å². The van der Waals surface area contributed by atoms with Gasteiger partial charge in [-0.2, -0.15) is 0 Å². The fraction of sp³-hybridized carbons (Fsp3) is 0.571. The average molecular weight is 247 g/mol. The molecule has 0 atom stereocenters. The zero-order valence-corrected chi connectivity index (χ0v) is 11.4. The average Bonchev–Trinajstić information content (AvgIpc) is 3.23. The molecule has 1 aromatic heterocycles. The van der Waals surface area contributed by atoms with Crippen molar-refractivity contribution in [2.75, 3.05) is 18.9 Å². The number of nitrogens with zero attached hydrogens (tertiary/aromatic N) is 2. The van der Waals surface area contributed by atoms with Gasteiger partial charge in [-0.05, 0) is 38.3 Å². The van der Waals surface area contributed by atoms with E-state index >= 15 is 0 Å². The number of rotatable bonds is 5. The summed E-state index contributed by atoms with van der Waals surface area (Å²) >= 11 is 0. The van der Waals surface area contributed by atoms with Crippen LogP contribution in [0.4, 0.5) is 5.82 Å². The summed E-state index contributed by atoms with van der Waals surface area (Å²) in [4.78, 5) is 18.8. The van der Waals surface area contributed by atoms with Gasteiger partial charge in [0.25, 0.3) is 5.91 Å². The van der Waals surface area contributed by atoms with Crippen LogP contribution in [-0.2, 0) is 6.42 Å². The Hall–Kier alpha value is -1.58. The van der Waals surface area contributed by atoms with E-state index in [4.69, 9.17) is 0 Å². The van der Waals surface area contributed by atoms with Gasteiger partial charge < -0.3 is 10.2 Å². The maximum atomic E-state index is 12.5. The van der Waals surface area contributed by atoms with Gasteiger partial charge >= 0.3 is 0 Å². The van der Waals surface area contributed by atoms with Crippen molar-refractivity contribution in [1.82, 2.24) is 9.88 Å². The molecule has 1 fully saturated rings. The Morgan fingerprint density at radius 2 is 2.17 bits per heavy atom. The summed E-state index contributed by atoms with van der Waals surface area (Å²) in [6, 6.07) is 4.21. The van der Waals surface area contributed by atoms with E-state index in [1.54, 1.807) is 0 Å². The molecular formula is C14H21N3O. The first-order chi connectivity index (χ1) is 8.69. The topological polar surface area (TPSA) is 45.2 Å². The lowest BCUT2D eigenvalue weighted by atomic mass is 10.1. The van der Waals surface area contributed by atoms with Crippen molar-refractivity contribution in [3.05, 3.63) is 23.4 Å². The molecule has 1 N–H and O–H groups in total. The molecule has 1 aliphatic carbocycles. The summed E-state index contributed by atoms with van der Waals surface area (Å²) in [5.41, 5.74) is 1.71. The highest BCUT2D eigenvalue weighted by molar-refractivity contribution is 5.95. The fourth-order valence-electron chi connectivity index (χ4n) is 2.14. The summed E-state index contributed by atoms with van der Waals surface area (Å²) in [7, 11) is 1.83. The van der Waals surface area contributed by atoms with E-state index in [1.165, 1.54) is 0 Å². The third-order valence-corrected chi connectivity index (χ3v) is 3.33. The number of hydrogen-bond acceptors (Lipinski definition) is 3. The number of pyridine rings is 1. The molecule has 0 spiro atoms. The van der Waals surface area contributed by atoms with Crippen LogP contribution in [0.2, 0.25) is 0 Å².